The number of amides is 3. The van der Waals surface area contributed by atoms with Crippen molar-refractivity contribution in [1.82, 2.24) is 20.2 Å². The Labute approximate surface area is 153 Å². The number of hydrogen-bond acceptors (Lipinski definition) is 3. The Kier molecular flexibility index (Phi) is 5.15. The zero-order valence-electron chi connectivity index (χ0n) is 15.8. The summed E-state index contributed by atoms with van der Waals surface area (Å²) in [5.74, 6) is 0.785. The van der Waals surface area contributed by atoms with Crippen LogP contribution in [0.1, 0.15) is 34.1 Å². The zero-order valence-corrected chi connectivity index (χ0v) is 15.8. The summed E-state index contributed by atoms with van der Waals surface area (Å²) in [6.45, 7) is 9.16. The van der Waals surface area contributed by atoms with Gasteiger partial charge in [-0.3, -0.25) is 9.69 Å². The van der Waals surface area contributed by atoms with E-state index in [1.807, 2.05) is 56.5 Å². The van der Waals surface area contributed by atoms with Crippen LogP contribution in [-0.4, -0.2) is 40.1 Å². The quantitative estimate of drug-likeness (QED) is 0.863. The van der Waals surface area contributed by atoms with Crippen LogP contribution in [-0.2, 0) is 11.3 Å². The fourth-order valence-electron chi connectivity index (χ4n) is 3.30. The Bertz CT molecular complexity index is 811. The second-order valence-corrected chi connectivity index (χ2v) is 7.50. The Morgan fingerprint density at radius 2 is 1.85 bits per heavy atom. The molecule has 0 spiro atoms. The maximum atomic E-state index is 12.8. The van der Waals surface area contributed by atoms with E-state index in [0.717, 1.165) is 11.0 Å². The molecule has 0 saturated carbocycles. The highest BCUT2D eigenvalue weighted by Gasteiger charge is 2.31. The summed E-state index contributed by atoms with van der Waals surface area (Å²) >= 11 is 0. The molecule has 1 aromatic heterocycles. The van der Waals surface area contributed by atoms with Crippen LogP contribution in [0.4, 0.5) is 10.7 Å². The monoisotopic (exact) mass is 357 g/mol. The lowest BCUT2D eigenvalue weighted by atomic mass is 10.0. The second kappa shape index (κ2) is 7.35. The number of rotatable bonds is 5. The van der Waals surface area contributed by atoms with E-state index in [9.17, 15) is 9.59 Å². The molecule has 0 saturated heterocycles. The Morgan fingerprint density at radius 1 is 1.12 bits per heavy atom. The van der Waals surface area contributed by atoms with Gasteiger partial charge in [-0.1, -0.05) is 26.0 Å². The van der Waals surface area contributed by atoms with Gasteiger partial charge in [-0.15, -0.1) is 0 Å². The van der Waals surface area contributed by atoms with Crippen molar-refractivity contribution >= 4 is 28.9 Å². The Balaban J connectivity index is 1.77. The van der Waals surface area contributed by atoms with Gasteiger partial charge in [-0.05, 0) is 38.3 Å². The molecule has 7 heteroatoms. The lowest BCUT2D eigenvalue weighted by Crippen LogP contribution is -2.52. The number of imidazole rings is 1. The lowest BCUT2D eigenvalue weighted by Gasteiger charge is -2.24. The number of para-hydroxylation sites is 2. The minimum Gasteiger partial charge on any atom is -0.352 e. The molecule has 140 valence electrons. The summed E-state index contributed by atoms with van der Waals surface area (Å²) in [4.78, 5) is 31.5. The maximum absolute atomic E-state index is 12.8. The largest absolute Gasteiger partial charge is 0.352 e. The number of carbonyl (C=O) groups is 2. The van der Waals surface area contributed by atoms with Crippen molar-refractivity contribution in [1.29, 1.82) is 0 Å². The van der Waals surface area contributed by atoms with E-state index >= 15 is 0 Å². The molecule has 0 aliphatic carbocycles. The van der Waals surface area contributed by atoms with Gasteiger partial charge in [0.1, 0.15) is 6.04 Å². The van der Waals surface area contributed by atoms with E-state index in [0.29, 0.717) is 31.4 Å². The summed E-state index contributed by atoms with van der Waals surface area (Å²) in [6.07, 6.45) is 0.592. The molecule has 0 fully saturated rings. The van der Waals surface area contributed by atoms with Crippen molar-refractivity contribution in [3.8, 4) is 0 Å². The van der Waals surface area contributed by atoms with Gasteiger partial charge in [-0.2, -0.15) is 0 Å². The van der Waals surface area contributed by atoms with E-state index in [2.05, 4.69) is 15.6 Å². The van der Waals surface area contributed by atoms with Gasteiger partial charge < -0.3 is 15.2 Å². The van der Waals surface area contributed by atoms with Gasteiger partial charge in [0.2, 0.25) is 11.9 Å². The summed E-state index contributed by atoms with van der Waals surface area (Å²) in [5.41, 5.74) is 1.89. The number of fused-ring (bicyclic) bond motifs is 3. The second-order valence-electron chi connectivity index (χ2n) is 7.50. The summed E-state index contributed by atoms with van der Waals surface area (Å²) in [6, 6.07) is 7.05. The highest BCUT2D eigenvalue weighted by Crippen LogP contribution is 2.27. The maximum Gasteiger partial charge on any atom is 0.324 e. The topological polar surface area (TPSA) is 79.3 Å². The molecule has 1 unspecified atom stereocenters. The van der Waals surface area contributed by atoms with Crippen LogP contribution in [0, 0.1) is 5.92 Å². The van der Waals surface area contributed by atoms with Gasteiger partial charge in [0.05, 0.1) is 11.0 Å². The third-order valence-corrected chi connectivity index (χ3v) is 4.42. The van der Waals surface area contributed by atoms with Crippen LogP contribution in [0.5, 0.6) is 0 Å². The van der Waals surface area contributed by atoms with Crippen molar-refractivity contribution in [2.45, 2.75) is 52.7 Å². The first-order valence-corrected chi connectivity index (χ1v) is 9.20. The Morgan fingerprint density at radius 3 is 2.54 bits per heavy atom. The Hall–Kier alpha value is -2.57. The molecule has 3 rings (SSSR count). The number of nitrogens with zero attached hydrogens (tertiary/aromatic N) is 3. The number of urea groups is 1. The zero-order chi connectivity index (χ0) is 18.8. The van der Waals surface area contributed by atoms with Crippen molar-refractivity contribution in [3.63, 3.8) is 0 Å². The van der Waals surface area contributed by atoms with Crippen molar-refractivity contribution < 1.29 is 9.59 Å². The average molecular weight is 357 g/mol. The van der Waals surface area contributed by atoms with Crippen LogP contribution in [0.2, 0.25) is 0 Å². The van der Waals surface area contributed by atoms with Crippen LogP contribution in [0.25, 0.3) is 11.0 Å². The van der Waals surface area contributed by atoms with Crippen LogP contribution >= 0.6 is 0 Å². The first-order chi connectivity index (χ1) is 12.4. The van der Waals surface area contributed by atoms with E-state index < -0.39 is 6.04 Å². The fraction of sp³-hybridized carbons (Fsp3) is 0.526. The molecule has 26 heavy (non-hydrogen) atoms. The predicted octanol–water partition coefficient (Wildman–Crippen LogP) is 2.51. The highest BCUT2D eigenvalue weighted by molar-refractivity contribution is 5.96. The SMILES string of the molecule is CC(C)CC(NC(=O)N1CCn2c1nc1ccccc12)C(=O)NC(C)C. The van der Waals surface area contributed by atoms with Crippen molar-refractivity contribution in [3.05, 3.63) is 24.3 Å². The molecule has 2 heterocycles. The standard InChI is InChI=1S/C19H27N5O2/c1-12(2)11-15(17(25)20-13(3)4)22-19(26)24-10-9-23-16-8-6-5-7-14(16)21-18(23)24/h5-8,12-13,15H,9-11H2,1-4H3,(H,20,25)(H,22,26). The molecule has 3 amide bonds. The van der Waals surface area contributed by atoms with Gasteiger partial charge in [-0.25, -0.2) is 9.78 Å². The number of benzene rings is 1. The van der Waals surface area contributed by atoms with E-state index in [-0.39, 0.29) is 18.0 Å². The number of anilines is 1. The molecular formula is C19H27N5O2. The predicted molar refractivity (Wildman–Crippen MR) is 102 cm³/mol. The molecular weight excluding hydrogens is 330 g/mol. The summed E-state index contributed by atoms with van der Waals surface area (Å²) in [5, 5.41) is 5.79. The molecule has 1 aliphatic rings. The van der Waals surface area contributed by atoms with Gasteiger partial charge in [0.15, 0.2) is 0 Å². The van der Waals surface area contributed by atoms with E-state index in [4.69, 9.17) is 0 Å². The molecule has 1 atom stereocenters. The number of carbonyl (C=O) groups excluding carboxylic acids is 2. The highest BCUT2D eigenvalue weighted by atomic mass is 16.2. The van der Waals surface area contributed by atoms with Gasteiger partial charge in [0.25, 0.3) is 0 Å². The van der Waals surface area contributed by atoms with Crippen LogP contribution < -0.4 is 15.5 Å². The van der Waals surface area contributed by atoms with Crippen molar-refractivity contribution in [2.75, 3.05) is 11.4 Å². The third-order valence-electron chi connectivity index (χ3n) is 4.42. The van der Waals surface area contributed by atoms with Crippen LogP contribution in [0.15, 0.2) is 24.3 Å². The van der Waals surface area contributed by atoms with E-state index in [1.165, 1.54) is 0 Å². The first-order valence-electron chi connectivity index (χ1n) is 9.20. The molecule has 2 N–H and O–H groups in total. The smallest absolute Gasteiger partial charge is 0.324 e. The van der Waals surface area contributed by atoms with Gasteiger partial charge >= 0.3 is 6.03 Å². The molecule has 7 nitrogen and oxygen atoms in total. The van der Waals surface area contributed by atoms with Gasteiger partial charge in [0, 0.05) is 19.1 Å². The summed E-state index contributed by atoms with van der Waals surface area (Å²) < 4.78 is 2.04. The molecule has 0 radical (unpaired) electrons. The average Bonchev–Trinajstić information content (AvgIpc) is 3.11. The lowest BCUT2D eigenvalue weighted by molar-refractivity contribution is -0.123. The van der Waals surface area contributed by atoms with Crippen LogP contribution in [0.3, 0.4) is 0 Å². The summed E-state index contributed by atoms with van der Waals surface area (Å²) in [7, 11) is 0. The number of aromatic nitrogens is 2. The number of hydrogen-bond donors (Lipinski definition) is 2. The molecule has 1 aromatic carbocycles. The number of nitrogens with one attached hydrogen (secondary N) is 2. The first kappa shape index (κ1) is 18.2. The molecule has 0 bridgehead atoms. The normalized spacial score (nSPS) is 14.8. The minimum absolute atomic E-state index is 0.0325. The van der Waals surface area contributed by atoms with E-state index in [1.54, 1.807) is 4.90 Å². The molecule has 2 aromatic rings. The molecule has 1 aliphatic heterocycles. The fourth-order valence-corrected chi connectivity index (χ4v) is 3.30. The van der Waals surface area contributed by atoms with Crippen molar-refractivity contribution in [2.24, 2.45) is 5.92 Å². The third kappa shape index (κ3) is 3.66. The minimum atomic E-state index is -0.552.